The highest BCUT2D eigenvalue weighted by atomic mass is 35.5. The molecule has 0 unspecified atom stereocenters. The third-order valence-electron chi connectivity index (χ3n) is 5.54. The van der Waals surface area contributed by atoms with Crippen molar-refractivity contribution in [1.29, 1.82) is 5.41 Å². The fraction of sp³-hybridized carbons (Fsp3) is 0.375. The van der Waals surface area contributed by atoms with Gasteiger partial charge in [-0.15, -0.1) is 0 Å². The van der Waals surface area contributed by atoms with Crippen LogP contribution in [0.1, 0.15) is 49.4 Å². The Hall–Kier alpha value is -3.10. The van der Waals surface area contributed by atoms with Crippen molar-refractivity contribution in [3.8, 4) is 11.4 Å². The Bertz CT molecular complexity index is 1150. The number of carbonyl (C=O) groups is 1. The largest absolute Gasteiger partial charge is 0.324 e. The SMILES string of the molecule is Cc1ncc(-c2nc(Nc3ccc(C(=O)C(=N)C[C@@H](C)N(C)C)cc3)ncc2Cl)n1C(C)C. The van der Waals surface area contributed by atoms with Gasteiger partial charge in [-0.25, -0.2) is 15.0 Å². The Balaban J connectivity index is 1.78. The topological polar surface area (TPSA) is 99.8 Å². The Morgan fingerprint density at radius 3 is 2.42 bits per heavy atom. The van der Waals surface area contributed by atoms with Crippen molar-refractivity contribution >= 4 is 34.7 Å². The highest BCUT2D eigenvalue weighted by molar-refractivity contribution is 6.45. The first kappa shape index (κ1) is 24.5. The van der Waals surface area contributed by atoms with E-state index in [4.69, 9.17) is 17.0 Å². The average molecular weight is 468 g/mol. The maximum absolute atomic E-state index is 12.6. The molecule has 0 spiro atoms. The number of aromatic nitrogens is 4. The van der Waals surface area contributed by atoms with Crippen LogP contribution in [0, 0.1) is 12.3 Å². The van der Waals surface area contributed by atoms with Crippen LogP contribution in [-0.2, 0) is 0 Å². The van der Waals surface area contributed by atoms with Gasteiger partial charge in [0.1, 0.15) is 11.5 Å². The van der Waals surface area contributed by atoms with Gasteiger partial charge in [0.25, 0.3) is 0 Å². The first-order valence-corrected chi connectivity index (χ1v) is 11.2. The number of halogens is 1. The smallest absolute Gasteiger partial charge is 0.227 e. The van der Waals surface area contributed by atoms with Crippen molar-refractivity contribution < 1.29 is 4.79 Å². The molecule has 0 aliphatic carbocycles. The number of imidazole rings is 1. The van der Waals surface area contributed by atoms with Gasteiger partial charge in [-0.1, -0.05) is 11.6 Å². The molecular formula is C24H30ClN7O. The number of benzene rings is 1. The summed E-state index contributed by atoms with van der Waals surface area (Å²) in [6.07, 6.45) is 3.73. The van der Waals surface area contributed by atoms with Crippen LogP contribution in [0.25, 0.3) is 11.4 Å². The normalized spacial score (nSPS) is 12.3. The predicted molar refractivity (Wildman–Crippen MR) is 133 cm³/mol. The van der Waals surface area contributed by atoms with E-state index in [0.717, 1.165) is 17.2 Å². The molecule has 3 rings (SSSR count). The summed E-state index contributed by atoms with van der Waals surface area (Å²) >= 11 is 6.41. The van der Waals surface area contributed by atoms with E-state index >= 15 is 0 Å². The van der Waals surface area contributed by atoms with Crippen LogP contribution in [0.15, 0.2) is 36.7 Å². The Morgan fingerprint density at radius 2 is 1.82 bits per heavy atom. The van der Waals surface area contributed by atoms with Gasteiger partial charge in [0.2, 0.25) is 11.7 Å². The van der Waals surface area contributed by atoms with Crippen LogP contribution in [0.5, 0.6) is 0 Å². The molecule has 2 N–H and O–H groups in total. The standard InChI is InChI=1S/C24H30ClN7O/c1-14(2)32-16(4)27-13-21(32)22-19(25)12-28-24(30-22)29-18-9-7-17(8-10-18)23(33)20(26)11-15(3)31(5)6/h7-10,12-15,26H,11H2,1-6H3,(H,28,29,30)/t15-/m1/s1. The molecule has 0 radical (unpaired) electrons. The van der Waals surface area contributed by atoms with Crippen molar-refractivity contribution in [2.24, 2.45) is 0 Å². The van der Waals surface area contributed by atoms with E-state index in [0.29, 0.717) is 28.6 Å². The summed E-state index contributed by atoms with van der Waals surface area (Å²) in [5, 5.41) is 11.7. The number of nitrogens with one attached hydrogen (secondary N) is 2. The second-order valence-electron chi connectivity index (χ2n) is 8.57. The molecule has 0 saturated heterocycles. The number of Topliss-reactive ketones (excluding diaryl/α,β-unsaturated/α-hetero) is 1. The molecular weight excluding hydrogens is 438 g/mol. The second kappa shape index (κ2) is 10.2. The summed E-state index contributed by atoms with van der Waals surface area (Å²) < 4.78 is 2.07. The zero-order valence-corrected chi connectivity index (χ0v) is 20.6. The second-order valence-corrected chi connectivity index (χ2v) is 8.98. The van der Waals surface area contributed by atoms with Crippen LogP contribution < -0.4 is 5.32 Å². The van der Waals surface area contributed by atoms with Crippen LogP contribution in [0.2, 0.25) is 5.02 Å². The highest BCUT2D eigenvalue weighted by Gasteiger charge is 2.18. The quantitative estimate of drug-likeness (QED) is 0.332. The molecule has 3 aromatic rings. The number of hydrogen-bond acceptors (Lipinski definition) is 7. The summed E-state index contributed by atoms with van der Waals surface area (Å²) in [5.41, 5.74) is 2.72. The van der Waals surface area contributed by atoms with E-state index in [1.807, 2.05) is 32.8 Å². The average Bonchev–Trinajstić information content (AvgIpc) is 3.16. The molecule has 33 heavy (non-hydrogen) atoms. The number of aryl methyl sites for hydroxylation is 1. The minimum Gasteiger partial charge on any atom is -0.324 e. The van der Waals surface area contributed by atoms with Crippen molar-refractivity contribution in [3.63, 3.8) is 0 Å². The van der Waals surface area contributed by atoms with Gasteiger partial charge < -0.3 is 20.2 Å². The molecule has 1 atom stereocenters. The summed E-state index contributed by atoms with van der Waals surface area (Å²) in [6.45, 7) is 8.10. The summed E-state index contributed by atoms with van der Waals surface area (Å²) in [7, 11) is 3.87. The lowest BCUT2D eigenvalue weighted by molar-refractivity contribution is 0.106. The van der Waals surface area contributed by atoms with Crippen LogP contribution in [0.4, 0.5) is 11.6 Å². The zero-order chi connectivity index (χ0) is 24.3. The molecule has 0 amide bonds. The summed E-state index contributed by atoms with van der Waals surface area (Å²) in [6, 6.07) is 7.27. The summed E-state index contributed by atoms with van der Waals surface area (Å²) in [5.74, 6) is 1.00. The number of rotatable bonds is 9. The molecule has 8 nitrogen and oxygen atoms in total. The number of nitrogens with zero attached hydrogens (tertiary/aromatic N) is 5. The molecule has 0 bridgehead atoms. The Labute approximate surface area is 199 Å². The zero-order valence-electron chi connectivity index (χ0n) is 19.8. The lowest BCUT2D eigenvalue weighted by atomic mass is 10.0. The number of carbonyl (C=O) groups excluding carboxylic acids is 1. The van der Waals surface area contributed by atoms with E-state index < -0.39 is 0 Å². The maximum atomic E-state index is 12.6. The first-order valence-electron chi connectivity index (χ1n) is 10.8. The van der Waals surface area contributed by atoms with Gasteiger partial charge in [-0.2, -0.15) is 0 Å². The van der Waals surface area contributed by atoms with Gasteiger partial charge >= 0.3 is 0 Å². The summed E-state index contributed by atoms with van der Waals surface area (Å²) in [4.78, 5) is 27.9. The molecule has 0 aliphatic rings. The van der Waals surface area contributed by atoms with Crippen LogP contribution in [0.3, 0.4) is 0 Å². The molecule has 174 valence electrons. The van der Waals surface area contributed by atoms with Gasteiger partial charge in [0.05, 0.1) is 28.8 Å². The molecule has 2 heterocycles. The lowest BCUT2D eigenvalue weighted by Gasteiger charge is -2.19. The fourth-order valence-electron chi connectivity index (χ4n) is 3.47. The maximum Gasteiger partial charge on any atom is 0.227 e. The van der Waals surface area contributed by atoms with Gasteiger partial charge in [0.15, 0.2) is 0 Å². The van der Waals surface area contributed by atoms with Gasteiger partial charge in [-0.3, -0.25) is 4.79 Å². The predicted octanol–water partition coefficient (Wildman–Crippen LogP) is 5.17. The number of anilines is 2. The van der Waals surface area contributed by atoms with Crippen molar-refractivity contribution in [2.45, 2.75) is 46.2 Å². The van der Waals surface area contributed by atoms with Crippen LogP contribution >= 0.6 is 11.6 Å². The van der Waals surface area contributed by atoms with Gasteiger partial charge in [0, 0.05) is 29.8 Å². The first-order chi connectivity index (χ1) is 15.6. The molecule has 9 heteroatoms. The van der Waals surface area contributed by atoms with E-state index in [9.17, 15) is 4.79 Å². The number of ketones is 1. The van der Waals surface area contributed by atoms with E-state index in [1.165, 1.54) is 0 Å². The van der Waals surface area contributed by atoms with E-state index in [-0.39, 0.29) is 23.6 Å². The third kappa shape index (κ3) is 5.64. The molecule has 0 aliphatic heterocycles. The van der Waals surface area contributed by atoms with Crippen molar-refractivity contribution in [1.82, 2.24) is 24.4 Å². The lowest BCUT2D eigenvalue weighted by Crippen LogP contribution is -2.29. The van der Waals surface area contributed by atoms with Gasteiger partial charge in [-0.05, 0) is 66.1 Å². The molecule has 1 aromatic carbocycles. The monoisotopic (exact) mass is 467 g/mol. The van der Waals surface area contributed by atoms with Crippen molar-refractivity contribution in [3.05, 3.63) is 53.1 Å². The minimum absolute atomic E-state index is 0.0969. The van der Waals surface area contributed by atoms with Crippen molar-refractivity contribution in [2.75, 3.05) is 19.4 Å². The fourth-order valence-corrected chi connectivity index (χ4v) is 3.65. The minimum atomic E-state index is -0.266. The molecule has 0 saturated carbocycles. The third-order valence-corrected chi connectivity index (χ3v) is 5.82. The van der Waals surface area contributed by atoms with E-state index in [1.54, 1.807) is 36.7 Å². The Kier molecular flexibility index (Phi) is 7.61. The Morgan fingerprint density at radius 1 is 1.15 bits per heavy atom. The molecule has 0 fully saturated rings. The highest BCUT2D eigenvalue weighted by Crippen LogP contribution is 2.30. The van der Waals surface area contributed by atoms with E-state index in [2.05, 4.69) is 38.7 Å². The van der Waals surface area contributed by atoms with Crippen LogP contribution in [-0.4, -0.2) is 56.1 Å². The molecule has 2 aromatic heterocycles. The number of hydrogen-bond donors (Lipinski definition) is 2.